The van der Waals surface area contributed by atoms with Gasteiger partial charge in [0.1, 0.15) is 12.2 Å². The summed E-state index contributed by atoms with van der Waals surface area (Å²) < 4.78 is 6.79. The van der Waals surface area contributed by atoms with Crippen LogP contribution in [0.4, 0.5) is 0 Å². The molecule has 0 amide bonds. The van der Waals surface area contributed by atoms with Crippen molar-refractivity contribution >= 4 is 0 Å². The largest absolute Gasteiger partial charge is 0.337 e. The molecule has 20 heavy (non-hydrogen) atoms. The Bertz CT molecular complexity index is 718. The van der Waals surface area contributed by atoms with Gasteiger partial charge in [0.15, 0.2) is 0 Å². The summed E-state index contributed by atoms with van der Waals surface area (Å²) in [7, 11) is 0. The molecule has 102 valence electrons. The van der Waals surface area contributed by atoms with Gasteiger partial charge in [-0.1, -0.05) is 16.4 Å². The number of aryl methyl sites for hydroxylation is 1. The maximum Gasteiger partial charge on any atom is 0.248 e. The van der Waals surface area contributed by atoms with E-state index in [0.29, 0.717) is 36.2 Å². The van der Waals surface area contributed by atoms with Gasteiger partial charge in [-0.15, -0.1) is 5.10 Å². The molecule has 3 aromatic rings. The topological polar surface area (TPSA) is 109 Å². The van der Waals surface area contributed by atoms with Gasteiger partial charge in [-0.25, -0.2) is 9.67 Å². The van der Waals surface area contributed by atoms with Gasteiger partial charge >= 0.3 is 0 Å². The molecule has 0 fully saturated rings. The molecule has 0 spiro atoms. The minimum atomic E-state index is 0.349. The Morgan fingerprint density at radius 1 is 1.30 bits per heavy atom. The highest BCUT2D eigenvalue weighted by atomic mass is 16.5. The number of hydrogen-bond acceptors (Lipinski definition) is 7. The van der Waals surface area contributed by atoms with Crippen molar-refractivity contribution in [2.24, 2.45) is 5.73 Å². The summed E-state index contributed by atoms with van der Waals surface area (Å²) in [6.45, 7) is 2.61. The van der Waals surface area contributed by atoms with Gasteiger partial charge in [0.05, 0.1) is 11.9 Å². The lowest BCUT2D eigenvalue weighted by atomic mass is 10.3. The lowest BCUT2D eigenvalue weighted by Gasteiger charge is -1.94. The van der Waals surface area contributed by atoms with Crippen LogP contribution in [0.5, 0.6) is 0 Å². The third-order valence-corrected chi connectivity index (χ3v) is 2.68. The first kappa shape index (κ1) is 12.4. The van der Waals surface area contributed by atoms with Gasteiger partial charge in [-0.05, 0) is 19.1 Å². The van der Waals surface area contributed by atoms with Gasteiger partial charge in [-0.3, -0.25) is 0 Å². The van der Waals surface area contributed by atoms with Crippen LogP contribution in [0.15, 0.2) is 28.9 Å². The molecule has 3 heterocycles. The quantitative estimate of drug-likeness (QED) is 0.737. The molecule has 2 N–H and O–H groups in total. The number of nitrogens with zero attached hydrogens (tertiary/aromatic N) is 6. The Hall–Kier alpha value is -2.61. The average Bonchev–Trinajstić information content (AvgIpc) is 3.08. The molecule has 0 aliphatic heterocycles. The van der Waals surface area contributed by atoms with Crippen molar-refractivity contribution in [3.63, 3.8) is 0 Å². The SMILES string of the molecule is Cc1cccc(-c2noc(Cn3cc(CN)nn3)n2)n1. The van der Waals surface area contributed by atoms with Crippen LogP contribution in [-0.2, 0) is 13.1 Å². The molecule has 0 aliphatic rings. The van der Waals surface area contributed by atoms with Crippen molar-refractivity contribution in [3.8, 4) is 11.5 Å². The zero-order valence-electron chi connectivity index (χ0n) is 10.9. The highest BCUT2D eigenvalue weighted by Crippen LogP contribution is 2.13. The molecule has 0 saturated carbocycles. The summed E-state index contributed by atoms with van der Waals surface area (Å²) in [6, 6.07) is 5.65. The lowest BCUT2D eigenvalue weighted by Crippen LogP contribution is -2.01. The van der Waals surface area contributed by atoms with E-state index in [9.17, 15) is 0 Å². The van der Waals surface area contributed by atoms with Crippen molar-refractivity contribution in [3.05, 3.63) is 41.7 Å². The Kier molecular flexibility index (Phi) is 3.21. The Morgan fingerprint density at radius 3 is 2.95 bits per heavy atom. The summed E-state index contributed by atoms with van der Waals surface area (Å²) in [5.41, 5.74) is 7.77. The molecule has 0 atom stereocenters. The summed E-state index contributed by atoms with van der Waals surface area (Å²) in [5, 5.41) is 11.7. The summed E-state index contributed by atoms with van der Waals surface area (Å²) in [4.78, 5) is 8.64. The molecule has 0 radical (unpaired) electrons. The predicted octanol–water partition coefficient (Wildman–Crippen LogP) is 0.539. The average molecular weight is 271 g/mol. The van der Waals surface area contributed by atoms with E-state index in [2.05, 4.69) is 25.4 Å². The summed E-state index contributed by atoms with van der Waals surface area (Å²) in [5.74, 6) is 0.902. The van der Waals surface area contributed by atoms with E-state index in [1.54, 1.807) is 10.9 Å². The molecule has 8 heteroatoms. The summed E-state index contributed by atoms with van der Waals surface area (Å²) >= 11 is 0. The van der Waals surface area contributed by atoms with Crippen LogP contribution < -0.4 is 5.73 Å². The Morgan fingerprint density at radius 2 is 2.20 bits per heavy atom. The Balaban J connectivity index is 1.80. The minimum absolute atomic E-state index is 0.349. The highest BCUT2D eigenvalue weighted by Gasteiger charge is 2.11. The van der Waals surface area contributed by atoms with E-state index in [0.717, 1.165) is 5.69 Å². The van der Waals surface area contributed by atoms with Crippen molar-refractivity contribution in [2.45, 2.75) is 20.0 Å². The second kappa shape index (κ2) is 5.17. The fourth-order valence-electron chi connectivity index (χ4n) is 1.74. The van der Waals surface area contributed by atoms with E-state index in [-0.39, 0.29) is 0 Å². The van der Waals surface area contributed by atoms with Crippen LogP contribution in [0.25, 0.3) is 11.5 Å². The van der Waals surface area contributed by atoms with Gasteiger partial charge in [0.2, 0.25) is 11.7 Å². The van der Waals surface area contributed by atoms with Crippen molar-refractivity contribution in [1.29, 1.82) is 0 Å². The maximum atomic E-state index is 5.48. The third kappa shape index (κ3) is 2.54. The highest BCUT2D eigenvalue weighted by molar-refractivity contribution is 5.47. The van der Waals surface area contributed by atoms with E-state index in [4.69, 9.17) is 10.3 Å². The first-order valence-electron chi connectivity index (χ1n) is 6.10. The van der Waals surface area contributed by atoms with Crippen LogP contribution in [0.3, 0.4) is 0 Å². The molecule has 3 rings (SSSR count). The zero-order chi connectivity index (χ0) is 13.9. The molecular weight excluding hydrogens is 258 g/mol. The number of hydrogen-bond donors (Lipinski definition) is 1. The number of pyridine rings is 1. The molecule has 3 aromatic heterocycles. The Labute approximate surface area is 114 Å². The second-order valence-electron chi connectivity index (χ2n) is 4.29. The molecule has 0 aromatic carbocycles. The van der Waals surface area contributed by atoms with Gasteiger partial charge < -0.3 is 10.3 Å². The van der Waals surface area contributed by atoms with Crippen molar-refractivity contribution < 1.29 is 4.52 Å². The molecule has 0 unspecified atom stereocenters. The van der Waals surface area contributed by atoms with Crippen molar-refractivity contribution in [1.82, 2.24) is 30.1 Å². The van der Waals surface area contributed by atoms with Crippen LogP contribution in [0.1, 0.15) is 17.3 Å². The van der Waals surface area contributed by atoms with Gasteiger partial charge in [0.25, 0.3) is 0 Å². The first-order chi connectivity index (χ1) is 9.74. The van der Waals surface area contributed by atoms with Gasteiger partial charge in [0, 0.05) is 12.2 Å². The van der Waals surface area contributed by atoms with E-state index in [1.165, 1.54) is 0 Å². The maximum absolute atomic E-state index is 5.48. The predicted molar refractivity (Wildman–Crippen MR) is 69.3 cm³/mol. The number of aromatic nitrogens is 6. The van der Waals surface area contributed by atoms with E-state index >= 15 is 0 Å². The number of nitrogens with two attached hydrogens (primary N) is 1. The van der Waals surface area contributed by atoms with Crippen LogP contribution >= 0.6 is 0 Å². The normalized spacial score (nSPS) is 10.9. The molecule has 0 saturated heterocycles. The molecule has 0 aliphatic carbocycles. The van der Waals surface area contributed by atoms with Crippen LogP contribution in [-0.4, -0.2) is 30.1 Å². The van der Waals surface area contributed by atoms with Gasteiger partial charge in [-0.2, -0.15) is 4.98 Å². The standard InChI is InChI=1S/C12H13N7O/c1-8-3-2-4-10(14-8)12-15-11(20-17-12)7-19-6-9(5-13)16-18-19/h2-4,6H,5,7,13H2,1H3. The smallest absolute Gasteiger partial charge is 0.248 e. The fraction of sp³-hybridized carbons (Fsp3) is 0.250. The van der Waals surface area contributed by atoms with Crippen LogP contribution in [0.2, 0.25) is 0 Å². The monoisotopic (exact) mass is 271 g/mol. The minimum Gasteiger partial charge on any atom is -0.337 e. The fourth-order valence-corrected chi connectivity index (χ4v) is 1.74. The molecule has 8 nitrogen and oxygen atoms in total. The van der Waals surface area contributed by atoms with Crippen molar-refractivity contribution in [2.75, 3.05) is 0 Å². The molecular formula is C12H13N7O. The van der Waals surface area contributed by atoms with E-state index < -0.39 is 0 Å². The second-order valence-corrected chi connectivity index (χ2v) is 4.29. The first-order valence-corrected chi connectivity index (χ1v) is 6.10. The van der Waals surface area contributed by atoms with E-state index in [1.807, 2.05) is 25.1 Å². The molecule has 0 bridgehead atoms. The van der Waals surface area contributed by atoms with Crippen LogP contribution in [0, 0.1) is 6.92 Å². The third-order valence-electron chi connectivity index (χ3n) is 2.68. The lowest BCUT2D eigenvalue weighted by molar-refractivity contribution is 0.364. The number of rotatable bonds is 4. The summed E-state index contributed by atoms with van der Waals surface area (Å²) in [6.07, 6.45) is 1.74. The zero-order valence-corrected chi connectivity index (χ0v) is 10.9.